The van der Waals surface area contributed by atoms with E-state index in [2.05, 4.69) is 0 Å². The molecule has 1 fully saturated rings. The number of carbonyl (C=O) groups excluding carboxylic acids is 1. The number of benzene rings is 1. The Morgan fingerprint density at radius 1 is 1.61 bits per heavy atom. The van der Waals surface area contributed by atoms with E-state index in [1.165, 1.54) is 18.2 Å². The largest absolute Gasteiger partial charge is 0.383 e. The zero-order valence-electron chi connectivity index (χ0n) is 10.2. The molecule has 2 rings (SSSR count). The molecule has 1 aliphatic heterocycles. The van der Waals surface area contributed by atoms with Gasteiger partial charge in [0.15, 0.2) is 0 Å². The molecule has 18 heavy (non-hydrogen) atoms. The average Bonchev–Trinajstić information content (AvgIpc) is 2.77. The predicted octanol–water partition coefficient (Wildman–Crippen LogP) is 2.73. The second-order valence-corrected chi connectivity index (χ2v) is 4.75. The van der Waals surface area contributed by atoms with E-state index in [9.17, 15) is 9.18 Å². The quantitative estimate of drug-likeness (QED) is 0.846. The molecule has 1 aromatic rings. The number of carbonyl (C=O) groups is 1. The van der Waals surface area contributed by atoms with Crippen molar-refractivity contribution in [3.05, 3.63) is 34.6 Å². The number of rotatable bonds is 3. The summed E-state index contributed by atoms with van der Waals surface area (Å²) in [6.07, 6.45) is 1.79. The van der Waals surface area contributed by atoms with Crippen LogP contribution in [-0.4, -0.2) is 37.1 Å². The van der Waals surface area contributed by atoms with E-state index in [1.54, 1.807) is 12.0 Å². The number of halogens is 2. The van der Waals surface area contributed by atoms with E-state index in [0.717, 1.165) is 12.8 Å². The Hall–Kier alpha value is -1.13. The minimum absolute atomic E-state index is 0.0122. The summed E-state index contributed by atoms with van der Waals surface area (Å²) in [5, 5.41) is 0.156. The Morgan fingerprint density at radius 2 is 2.39 bits per heavy atom. The number of nitrogens with zero attached hydrogens (tertiary/aromatic N) is 1. The molecule has 1 aromatic carbocycles. The maximum atomic E-state index is 13.7. The van der Waals surface area contributed by atoms with Crippen LogP contribution in [0.2, 0.25) is 5.02 Å². The van der Waals surface area contributed by atoms with Gasteiger partial charge >= 0.3 is 0 Å². The van der Waals surface area contributed by atoms with Crippen molar-refractivity contribution in [3.63, 3.8) is 0 Å². The van der Waals surface area contributed by atoms with Crippen molar-refractivity contribution in [2.24, 2.45) is 0 Å². The Labute approximate surface area is 110 Å². The van der Waals surface area contributed by atoms with Gasteiger partial charge in [-0.25, -0.2) is 4.39 Å². The first-order valence-electron chi connectivity index (χ1n) is 5.89. The van der Waals surface area contributed by atoms with Crippen molar-refractivity contribution in [2.75, 3.05) is 20.3 Å². The lowest BCUT2D eigenvalue weighted by Crippen LogP contribution is -2.38. The molecular weight excluding hydrogens is 257 g/mol. The molecule has 0 bridgehead atoms. The highest BCUT2D eigenvalue weighted by Gasteiger charge is 2.31. The standard InChI is InChI=1S/C13H15ClFNO2/c1-18-8-9-4-3-7-16(9)13(17)12-10(14)5-2-6-11(12)15/h2,5-6,9H,3-4,7-8H2,1H3. The molecule has 0 N–H and O–H groups in total. The van der Waals surface area contributed by atoms with Crippen LogP contribution in [0.5, 0.6) is 0 Å². The molecule has 0 saturated carbocycles. The number of amides is 1. The second-order valence-electron chi connectivity index (χ2n) is 4.35. The smallest absolute Gasteiger partial charge is 0.258 e. The van der Waals surface area contributed by atoms with Gasteiger partial charge < -0.3 is 9.64 Å². The molecule has 98 valence electrons. The van der Waals surface area contributed by atoms with Gasteiger partial charge in [-0.2, -0.15) is 0 Å². The number of methoxy groups -OCH3 is 1. The third kappa shape index (κ3) is 2.49. The summed E-state index contributed by atoms with van der Waals surface area (Å²) in [4.78, 5) is 14.0. The Kier molecular flexibility index (Phi) is 4.19. The molecule has 1 amide bonds. The van der Waals surface area contributed by atoms with Gasteiger partial charge in [0.2, 0.25) is 0 Å². The first-order chi connectivity index (χ1) is 8.65. The lowest BCUT2D eigenvalue weighted by atomic mass is 10.1. The third-order valence-corrected chi connectivity index (χ3v) is 3.49. The summed E-state index contributed by atoms with van der Waals surface area (Å²) < 4.78 is 18.8. The number of hydrogen-bond donors (Lipinski definition) is 0. The molecule has 0 radical (unpaired) electrons. The Balaban J connectivity index is 2.25. The molecular formula is C13H15ClFNO2. The molecule has 1 atom stereocenters. The summed E-state index contributed by atoms with van der Waals surface area (Å²) in [6, 6.07) is 4.28. The summed E-state index contributed by atoms with van der Waals surface area (Å²) in [5.41, 5.74) is -0.0397. The lowest BCUT2D eigenvalue weighted by Gasteiger charge is -2.24. The Morgan fingerprint density at radius 3 is 3.06 bits per heavy atom. The lowest BCUT2D eigenvalue weighted by molar-refractivity contribution is 0.0626. The van der Waals surface area contributed by atoms with Crippen molar-refractivity contribution in [2.45, 2.75) is 18.9 Å². The first kappa shape index (κ1) is 13.3. The van der Waals surface area contributed by atoms with E-state index in [0.29, 0.717) is 13.2 Å². The van der Waals surface area contributed by atoms with Gasteiger partial charge in [0.1, 0.15) is 5.82 Å². The molecule has 1 aliphatic rings. The van der Waals surface area contributed by atoms with Crippen LogP contribution in [0.3, 0.4) is 0 Å². The fourth-order valence-electron chi connectivity index (χ4n) is 2.31. The highest BCUT2D eigenvalue weighted by molar-refractivity contribution is 6.33. The predicted molar refractivity (Wildman–Crippen MR) is 67.3 cm³/mol. The third-order valence-electron chi connectivity index (χ3n) is 3.17. The van der Waals surface area contributed by atoms with E-state index in [4.69, 9.17) is 16.3 Å². The van der Waals surface area contributed by atoms with E-state index in [-0.39, 0.29) is 22.5 Å². The first-order valence-corrected chi connectivity index (χ1v) is 6.27. The average molecular weight is 272 g/mol. The van der Waals surface area contributed by atoms with Gasteiger partial charge in [-0.15, -0.1) is 0 Å². The maximum Gasteiger partial charge on any atom is 0.258 e. The Bertz CT molecular complexity index is 432. The number of hydrogen-bond acceptors (Lipinski definition) is 2. The number of likely N-dealkylation sites (tertiary alicyclic amines) is 1. The van der Waals surface area contributed by atoms with Gasteiger partial charge in [-0.3, -0.25) is 4.79 Å². The van der Waals surface area contributed by atoms with Gasteiger partial charge in [0.25, 0.3) is 5.91 Å². The van der Waals surface area contributed by atoms with Gasteiger partial charge in [-0.05, 0) is 25.0 Å². The van der Waals surface area contributed by atoms with Gasteiger partial charge in [0, 0.05) is 13.7 Å². The normalized spacial score (nSPS) is 19.3. The van der Waals surface area contributed by atoms with Gasteiger partial charge in [0.05, 0.1) is 23.2 Å². The summed E-state index contributed by atoms with van der Waals surface area (Å²) in [6.45, 7) is 1.09. The molecule has 1 heterocycles. The molecule has 1 saturated heterocycles. The molecule has 0 aliphatic carbocycles. The van der Waals surface area contributed by atoms with Crippen molar-refractivity contribution in [1.29, 1.82) is 0 Å². The zero-order chi connectivity index (χ0) is 13.1. The van der Waals surface area contributed by atoms with Crippen LogP contribution in [-0.2, 0) is 4.74 Å². The van der Waals surface area contributed by atoms with E-state index in [1.807, 2.05) is 0 Å². The summed E-state index contributed by atoms with van der Waals surface area (Å²) >= 11 is 5.91. The summed E-state index contributed by atoms with van der Waals surface area (Å²) in [7, 11) is 1.59. The van der Waals surface area contributed by atoms with Crippen LogP contribution in [0.1, 0.15) is 23.2 Å². The zero-order valence-corrected chi connectivity index (χ0v) is 10.9. The maximum absolute atomic E-state index is 13.7. The number of ether oxygens (including phenoxy) is 1. The van der Waals surface area contributed by atoms with Crippen LogP contribution < -0.4 is 0 Å². The monoisotopic (exact) mass is 271 g/mol. The summed E-state index contributed by atoms with van der Waals surface area (Å²) in [5.74, 6) is -0.923. The van der Waals surface area contributed by atoms with Crippen LogP contribution in [0.15, 0.2) is 18.2 Å². The fourth-order valence-corrected chi connectivity index (χ4v) is 2.56. The van der Waals surface area contributed by atoms with E-state index >= 15 is 0 Å². The topological polar surface area (TPSA) is 29.5 Å². The second kappa shape index (κ2) is 5.67. The van der Waals surface area contributed by atoms with Crippen LogP contribution in [0.25, 0.3) is 0 Å². The molecule has 0 aromatic heterocycles. The van der Waals surface area contributed by atoms with Gasteiger partial charge in [-0.1, -0.05) is 17.7 Å². The van der Waals surface area contributed by atoms with Crippen LogP contribution >= 0.6 is 11.6 Å². The highest BCUT2D eigenvalue weighted by atomic mass is 35.5. The van der Waals surface area contributed by atoms with Crippen molar-refractivity contribution >= 4 is 17.5 Å². The van der Waals surface area contributed by atoms with Crippen LogP contribution in [0, 0.1) is 5.82 Å². The molecule has 3 nitrogen and oxygen atoms in total. The van der Waals surface area contributed by atoms with Crippen molar-refractivity contribution < 1.29 is 13.9 Å². The minimum Gasteiger partial charge on any atom is -0.383 e. The minimum atomic E-state index is -0.574. The molecule has 1 unspecified atom stereocenters. The van der Waals surface area contributed by atoms with E-state index < -0.39 is 5.82 Å². The molecule has 0 spiro atoms. The SMILES string of the molecule is COCC1CCCN1C(=O)c1c(F)cccc1Cl. The highest BCUT2D eigenvalue weighted by Crippen LogP contribution is 2.25. The van der Waals surface area contributed by atoms with Crippen molar-refractivity contribution in [1.82, 2.24) is 4.90 Å². The fraction of sp³-hybridized carbons (Fsp3) is 0.462. The van der Waals surface area contributed by atoms with Crippen LogP contribution in [0.4, 0.5) is 4.39 Å². The molecule has 5 heteroatoms. The van der Waals surface area contributed by atoms with Crippen molar-refractivity contribution in [3.8, 4) is 0 Å².